The average molecular weight is 628 g/mol. The Hall–Kier alpha value is -4.02. The minimum absolute atomic E-state index is 0.0114. The zero-order valence-corrected chi connectivity index (χ0v) is 24.9. The Balaban J connectivity index is 1.38. The Bertz CT molecular complexity index is 1570. The largest absolute Gasteiger partial charge is 0.488 e. The topological polar surface area (TPSA) is 82.1 Å². The number of rotatable bonds is 10. The molecule has 1 saturated heterocycles. The summed E-state index contributed by atoms with van der Waals surface area (Å²) in [6.07, 6.45) is 0.277. The van der Waals surface area contributed by atoms with E-state index in [0.717, 1.165) is 28.3 Å². The Morgan fingerprint density at radius 3 is 2.48 bits per heavy atom. The number of carbonyl (C=O) groups excluding carboxylic acids is 1. The number of piperazine rings is 1. The van der Waals surface area contributed by atoms with Crippen molar-refractivity contribution in [2.75, 3.05) is 26.2 Å². The van der Waals surface area contributed by atoms with Crippen LogP contribution in [0.2, 0.25) is 5.02 Å². The number of benzene rings is 3. The van der Waals surface area contributed by atoms with Crippen LogP contribution in [0.4, 0.5) is 18.0 Å². The highest BCUT2D eigenvalue weighted by molar-refractivity contribution is 6.31. The van der Waals surface area contributed by atoms with E-state index in [2.05, 4.69) is 5.32 Å². The van der Waals surface area contributed by atoms with E-state index in [9.17, 15) is 27.9 Å². The minimum atomic E-state index is -1.35. The number of halogens is 4. The van der Waals surface area contributed by atoms with Gasteiger partial charge in [-0.2, -0.15) is 4.39 Å². The quantitative estimate of drug-likeness (QED) is 0.204. The van der Waals surface area contributed by atoms with Gasteiger partial charge in [-0.1, -0.05) is 54.1 Å². The number of ether oxygens (including phenoxy) is 1. The van der Waals surface area contributed by atoms with Gasteiger partial charge in [0.1, 0.15) is 0 Å². The maximum Gasteiger partial charge on any atom is 0.408 e. The van der Waals surface area contributed by atoms with Crippen molar-refractivity contribution in [3.63, 3.8) is 0 Å². The highest BCUT2D eigenvalue weighted by Gasteiger charge is 2.45. The fraction of sp³-hybridized carbons (Fsp3) is 0.333. The molecule has 2 N–H and O–H groups in total. The van der Waals surface area contributed by atoms with Crippen LogP contribution < -0.4 is 10.1 Å². The molecule has 2 atom stereocenters. The summed E-state index contributed by atoms with van der Waals surface area (Å²) in [6.45, 7) is 3.36. The van der Waals surface area contributed by atoms with E-state index in [1.54, 1.807) is 11.0 Å². The van der Waals surface area contributed by atoms with E-state index in [-0.39, 0.29) is 25.1 Å². The van der Waals surface area contributed by atoms with Gasteiger partial charge in [0.2, 0.25) is 5.82 Å². The van der Waals surface area contributed by atoms with Crippen LogP contribution in [0.5, 0.6) is 5.75 Å². The van der Waals surface area contributed by atoms with Gasteiger partial charge in [-0.25, -0.2) is 13.6 Å². The highest BCUT2D eigenvalue weighted by Crippen LogP contribution is 2.38. The smallest absolute Gasteiger partial charge is 0.408 e. The lowest BCUT2D eigenvalue weighted by Crippen LogP contribution is -2.63. The van der Waals surface area contributed by atoms with Crippen molar-refractivity contribution in [3.8, 4) is 5.75 Å². The van der Waals surface area contributed by atoms with Gasteiger partial charge in [0, 0.05) is 36.8 Å². The summed E-state index contributed by atoms with van der Waals surface area (Å²) in [7, 11) is 0. The number of hydrogen-bond donors (Lipinski definition) is 2. The predicted octanol–water partition coefficient (Wildman–Crippen LogP) is 6.30. The SMILES string of the molecule is CCN(Cc1ccccc1Cl)C(=O)C1=C(c2ccc(CCCOc3c(F)ccc(F)c3F)cc2)CC2CNCC1N2C(=O)O. The zero-order chi connectivity index (χ0) is 31.4. The second-order valence-corrected chi connectivity index (χ2v) is 11.3. The van der Waals surface area contributed by atoms with Gasteiger partial charge in [-0.15, -0.1) is 0 Å². The molecule has 3 aromatic carbocycles. The first-order valence-electron chi connectivity index (χ1n) is 14.5. The Labute approximate surface area is 258 Å². The first kappa shape index (κ1) is 31.4. The van der Waals surface area contributed by atoms with Crippen LogP contribution in [-0.4, -0.2) is 65.2 Å². The van der Waals surface area contributed by atoms with Crippen molar-refractivity contribution in [1.82, 2.24) is 15.1 Å². The molecule has 11 heteroatoms. The van der Waals surface area contributed by atoms with E-state index in [0.29, 0.717) is 55.6 Å². The van der Waals surface area contributed by atoms with Crippen molar-refractivity contribution in [2.24, 2.45) is 0 Å². The molecule has 2 heterocycles. The van der Waals surface area contributed by atoms with Crippen LogP contribution in [0, 0.1) is 17.5 Å². The number of amides is 2. The normalized spacial score (nSPS) is 17.9. The van der Waals surface area contributed by atoms with E-state index < -0.39 is 35.3 Å². The van der Waals surface area contributed by atoms with Crippen LogP contribution in [0.25, 0.3) is 5.57 Å². The van der Waals surface area contributed by atoms with Gasteiger partial charge in [0.05, 0.1) is 18.7 Å². The average Bonchev–Trinajstić information content (AvgIpc) is 3.01. The molecule has 7 nitrogen and oxygen atoms in total. The molecule has 44 heavy (non-hydrogen) atoms. The standard InChI is InChI=1S/C33H33ClF3N3O4/c1-2-39(19-22-7-3-4-8-25(22)34)32(41)29-24(16-23-17-38-18-28(29)40(23)33(42)43)21-11-9-20(10-12-21)6-5-15-44-31-27(36)14-13-26(35)30(31)37/h3-4,7-14,23,28,38H,2,5-6,15-19H2,1H3,(H,42,43). The van der Waals surface area contributed by atoms with E-state index in [1.165, 1.54) is 4.90 Å². The molecule has 2 amide bonds. The predicted molar refractivity (Wildman–Crippen MR) is 161 cm³/mol. The Morgan fingerprint density at radius 1 is 1.05 bits per heavy atom. The number of fused-ring (bicyclic) bond motifs is 2. The van der Waals surface area contributed by atoms with Crippen LogP contribution in [-0.2, 0) is 17.8 Å². The summed E-state index contributed by atoms with van der Waals surface area (Å²) in [5, 5.41) is 13.9. The Morgan fingerprint density at radius 2 is 1.77 bits per heavy atom. The fourth-order valence-electron chi connectivity index (χ4n) is 5.92. The fourth-order valence-corrected chi connectivity index (χ4v) is 6.12. The molecule has 2 unspecified atom stereocenters. The molecule has 0 aliphatic carbocycles. The number of hydrogen-bond acceptors (Lipinski definition) is 4. The molecule has 3 aromatic rings. The molecule has 2 aliphatic rings. The molecule has 2 bridgehead atoms. The van der Waals surface area contributed by atoms with Gasteiger partial charge in [0.15, 0.2) is 17.4 Å². The summed E-state index contributed by atoms with van der Waals surface area (Å²) in [5.41, 5.74) is 3.82. The summed E-state index contributed by atoms with van der Waals surface area (Å²) >= 11 is 6.40. The molecular weight excluding hydrogens is 595 g/mol. The van der Waals surface area contributed by atoms with E-state index in [1.807, 2.05) is 49.4 Å². The van der Waals surface area contributed by atoms with Gasteiger partial charge >= 0.3 is 6.09 Å². The summed E-state index contributed by atoms with van der Waals surface area (Å²) < 4.78 is 46.3. The van der Waals surface area contributed by atoms with Crippen LogP contribution >= 0.6 is 11.6 Å². The summed E-state index contributed by atoms with van der Waals surface area (Å²) in [4.78, 5) is 29.6. The van der Waals surface area contributed by atoms with E-state index >= 15 is 0 Å². The third kappa shape index (κ3) is 6.56. The molecule has 0 saturated carbocycles. The van der Waals surface area contributed by atoms with Crippen LogP contribution in [0.15, 0.2) is 66.2 Å². The van der Waals surface area contributed by atoms with Gasteiger partial charge in [-0.3, -0.25) is 9.69 Å². The molecule has 5 rings (SSSR count). The number of aryl methyl sites for hydroxylation is 1. The van der Waals surface area contributed by atoms with E-state index in [4.69, 9.17) is 16.3 Å². The molecule has 1 fully saturated rings. The van der Waals surface area contributed by atoms with Crippen molar-refractivity contribution in [2.45, 2.75) is 44.8 Å². The second-order valence-electron chi connectivity index (χ2n) is 10.8. The lowest BCUT2D eigenvalue weighted by atomic mass is 9.81. The molecule has 232 valence electrons. The minimum Gasteiger partial charge on any atom is -0.488 e. The van der Waals surface area contributed by atoms with Crippen LogP contribution in [0.3, 0.4) is 0 Å². The molecule has 0 aromatic heterocycles. The second kappa shape index (κ2) is 13.7. The number of carbonyl (C=O) groups is 2. The van der Waals surface area contributed by atoms with Gasteiger partial charge < -0.3 is 20.1 Å². The number of likely N-dealkylation sites (N-methyl/N-ethyl adjacent to an activating group) is 1. The molecular formula is C33H33ClF3N3O4. The van der Waals surface area contributed by atoms with Crippen molar-refractivity contribution >= 4 is 29.2 Å². The van der Waals surface area contributed by atoms with Crippen molar-refractivity contribution in [1.29, 1.82) is 0 Å². The van der Waals surface area contributed by atoms with Crippen molar-refractivity contribution < 1.29 is 32.6 Å². The lowest BCUT2D eigenvalue weighted by Gasteiger charge is -2.47. The molecule has 0 radical (unpaired) electrons. The monoisotopic (exact) mass is 627 g/mol. The molecule has 0 spiro atoms. The van der Waals surface area contributed by atoms with Gasteiger partial charge in [0.25, 0.3) is 5.91 Å². The molecule has 2 aliphatic heterocycles. The third-order valence-electron chi connectivity index (χ3n) is 8.14. The highest BCUT2D eigenvalue weighted by atomic mass is 35.5. The first-order chi connectivity index (χ1) is 21.2. The maximum atomic E-state index is 14.2. The number of nitrogens with one attached hydrogen (secondary N) is 1. The summed E-state index contributed by atoms with van der Waals surface area (Å²) in [5.74, 6) is -4.46. The van der Waals surface area contributed by atoms with Gasteiger partial charge in [-0.05, 0) is 66.6 Å². The zero-order valence-electron chi connectivity index (χ0n) is 24.2. The number of carboxylic acid groups (broad SMARTS) is 1. The maximum absolute atomic E-state index is 14.2. The lowest BCUT2D eigenvalue weighted by molar-refractivity contribution is -0.128. The Kier molecular flexibility index (Phi) is 9.80. The first-order valence-corrected chi connectivity index (χ1v) is 14.9. The number of nitrogens with zero attached hydrogens (tertiary/aromatic N) is 2. The van der Waals surface area contributed by atoms with Crippen LogP contribution in [0.1, 0.15) is 36.5 Å². The third-order valence-corrected chi connectivity index (χ3v) is 8.51. The van der Waals surface area contributed by atoms with Crippen molar-refractivity contribution in [3.05, 3.63) is 105 Å². The summed E-state index contributed by atoms with van der Waals surface area (Å²) in [6, 6.07) is 15.5.